The van der Waals surface area contributed by atoms with Gasteiger partial charge in [0, 0.05) is 18.7 Å². The van der Waals surface area contributed by atoms with Crippen molar-refractivity contribution in [3.8, 4) is 0 Å². The first-order chi connectivity index (χ1) is 20.4. The van der Waals surface area contributed by atoms with Gasteiger partial charge in [0.15, 0.2) is 11.8 Å². The van der Waals surface area contributed by atoms with Gasteiger partial charge in [-0.25, -0.2) is 14.8 Å². The van der Waals surface area contributed by atoms with Gasteiger partial charge in [0.1, 0.15) is 11.0 Å². The Morgan fingerprint density at radius 3 is 2.44 bits per heavy atom. The molecule has 1 aromatic rings. The Bertz CT molecular complexity index is 1050. The van der Waals surface area contributed by atoms with Gasteiger partial charge in [0.25, 0.3) is 5.91 Å². The quantitative estimate of drug-likeness (QED) is 0.128. The number of likely N-dealkylation sites (N-methyl/N-ethyl adjacent to an activating group) is 1. The van der Waals surface area contributed by atoms with E-state index in [0.717, 1.165) is 62.8 Å². The van der Waals surface area contributed by atoms with Gasteiger partial charge in [-0.05, 0) is 44.7 Å². The lowest BCUT2D eigenvalue weighted by molar-refractivity contribution is -0.213. The summed E-state index contributed by atoms with van der Waals surface area (Å²) < 4.78 is 5.63. The second-order valence-corrected chi connectivity index (χ2v) is 12.8. The van der Waals surface area contributed by atoms with Crippen molar-refractivity contribution in [1.29, 1.82) is 0 Å². The number of esters is 1. The zero-order valence-electron chi connectivity index (χ0n) is 27.0. The average molecular weight is 625 g/mol. The van der Waals surface area contributed by atoms with Crippen LogP contribution in [0.3, 0.4) is 0 Å². The van der Waals surface area contributed by atoms with E-state index in [4.69, 9.17) is 9.57 Å². The summed E-state index contributed by atoms with van der Waals surface area (Å²) in [6.07, 6.45) is 6.51. The maximum Gasteiger partial charge on any atom is 0.355 e. The fraction of sp³-hybridized carbons (Fsp3) is 0.774. The first-order valence-corrected chi connectivity index (χ1v) is 16.6. The molecule has 1 aliphatic rings. The molecular weight excluding hydrogens is 572 g/mol. The zero-order chi connectivity index (χ0) is 32.1. The number of hydrogen-bond acceptors (Lipinski definition) is 9. The Kier molecular flexibility index (Phi) is 15.6. The largest absolute Gasteiger partial charge is 0.476 e. The lowest BCUT2D eigenvalue weighted by atomic mass is 9.93. The van der Waals surface area contributed by atoms with E-state index in [2.05, 4.69) is 17.2 Å². The number of thiazole rings is 1. The molecule has 0 radical (unpaired) electrons. The number of likely N-dealkylation sites (tertiary alicyclic amines) is 1. The number of piperidine rings is 1. The predicted octanol–water partition coefficient (Wildman–Crippen LogP) is 5.22. The number of hydrogen-bond donors (Lipinski definition) is 2. The highest BCUT2D eigenvalue weighted by atomic mass is 32.1. The predicted molar refractivity (Wildman–Crippen MR) is 165 cm³/mol. The number of amides is 2. The fourth-order valence-corrected chi connectivity index (χ4v) is 6.12. The minimum atomic E-state index is -1.17. The Morgan fingerprint density at radius 2 is 1.88 bits per heavy atom. The number of nitrogens with one attached hydrogen (secondary N) is 1. The Labute approximate surface area is 260 Å². The second-order valence-electron chi connectivity index (χ2n) is 11.9. The van der Waals surface area contributed by atoms with Gasteiger partial charge >= 0.3 is 11.9 Å². The number of aromatic nitrogens is 1. The van der Waals surface area contributed by atoms with Crippen LogP contribution in [0.4, 0.5) is 0 Å². The smallest absolute Gasteiger partial charge is 0.355 e. The zero-order valence-corrected chi connectivity index (χ0v) is 27.8. The number of carbonyl (C=O) groups is 4. The Morgan fingerprint density at radius 1 is 1.16 bits per heavy atom. The number of aromatic carboxylic acids is 1. The molecule has 1 fully saturated rings. The van der Waals surface area contributed by atoms with E-state index in [1.165, 1.54) is 17.4 Å². The van der Waals surface area contributed by atoms with Crippen LogP contribution in [0.5, 0.6) is 0 Å². The summed E-state index contributed by atoms with van der Waals surface area (Å²) in [7, 11) is 1.94. The van der Waals surface area contributed by atoms with Gasteiger partial charge in [-0.2, -0.15) is 0 Å². The summed E-state index contributed by atoms with van der Waals surface area (Å²) in [6.45, 7) is 12.4. The summed E-state index contributed by atoms with van der Waals surface area (Å²) >= 11 is 1.09. The number of nitrogens with zero attached hydrogens (tertiary/aromatic N) is 3. The van der Waals surface area contributed by atoms with Crippen molar-refractivity contribution in [2.45, 2.75) is 124 Å². The molecule has 2 heterocycles. The monoisotopic (exact) mass is 624 g/mol. The summed E-state index contributed by atoms with van der Waals surface area (Å²) in [4.78, 5) is 64.0. The molecule has 1 saturated heterocycles. The van der Waals surface area contributed by atoms with E-state index in [0.29, 0.717) is 18.0 Å². The summed E-state index contributed by atoms with van der Waals surface area (Å²) in [5, 5.41) is 15.6. The minimum Gasteiger partial charge on any atom is -0.476 e. The number of ether oxygens (including phenoxy) is 1. The fourth-order valence-electron chi connectivity index (χ4n) is 5.28. The maximum atomic E-state index is 14.4. The molecule has 1 aromatic heterocycles. The van der Waals surface area contributed by atoms with E-state index >= 15 is 0 Å². The van der Waals surface area contributed by atoms with Crippen LogP contribution < -0.4 is 5.32 Å². The molecule has 0 aromatic carbocycles. The highest BCUT2D eigenvalue weighted by Crippen LogP contribution is 2.32. The summed E-state index contributed by atoms with van der Waals surface area (Å²) in [5.74, 6) is -2.51. The van der Waals surface area contributed by atoms with Crippen LogP contribution in [-0.4, -0.2) is 82.1 Å². The van der Waals surface area contributed by atoms with Gasteiger partial charge in [0.05, 0.1) is 18.7 Å². The van der Waals surface area contributed by atoms with Crippen LogP contribution in [0, 0.1) is 11.8 Å². The van der Waals surface area contributed by atoms with Gasteiger partial charge in [-0.1, -0.05) is 66.7 Å². The van der Waals surface area contributed by atoms with Crippen LogP contribution in [0.2, 0.25) is 0 Å². The van der Waals surface area contributed by atoms with E-state index in [-0.39, 0.29) is 41.8 Å². The molecular formula is C31H52N4O7S. The summed E-state index contributed by atoms with van der Waals surface area (Å²) in [6, 6.07) is -1.66. The van der Waals surface area contributed by atoms with Crippen LogP contribution in [0.15, 0.2) is 5.38 Å². The SMILES string of the molecule is CCCCCCON(C(=O)[C@@H](NC(=O)C1CCCCN1C)[C@@H](C)CC)[C@H](C[C@@H](OC(C)=O)c1nc(C(=O)O)cs1)C(C)C. The van der Waals surface area contributed by atoms with E-state index < -0.39 is 30.1 Å². The normalized spacial score (nSPS) is 18.5. The third-order valence-corrected chi connectivity index (χ3v) is 9.08. The molecule has 1 aliphatic heterocycles. The molecule has 2 rings (SSSR count). The van der Waals surface area contributed by atoms with Crippen molar-refractivity contribution in [2.75, 3.05) is 20.2 Å². The van der Waals surface area contributed by atoms with Crippen LogP contribution >= 0.6 is 11.3 Å². The molecule has 0 spiro atoms. The average Bonchev–Trinajstić information content (AvgIpc) is 3.46. The third kappa shape index (κ3) is 11.1. The second kappa shape index (κ2) is 18.3. The van der Waals surface area contributed by atoms with E-state index in [1.807, 2.05) is 39.6 Å². The minimum absolute atomic E-state index is 0.130. The van der Waals surface area contributed by atoms with Crippen molar-refractivity contribution in [3.05, 3.63) is 16.1 Å². The number of carbonyl (C=O) groups excluding carboxylic acids is 3. The van der Waals surface area contributed by atoms with Crippen molar-refractivity contribution in [3.63, 3.8) is 0 Å². The highest BCUT2D eigenvalue weighted by Gasteiger charge is 2.39. The number of carboxylic acids is 1. The molecule has 5 atom stereocenters. The van der Waals surface area contributed by atoms with E-state index in [1.54, 1.807) is 0 Å². The molecule has 0 bridgehead atoms. The molecule has 0 aliphatic carbocycles. The molecule has 244 valence electrons. The number of carboxylic acid groups (broad SMARTS) is 1. The molecule has 2 amide bonds. The van der Waals surface area contributed by atoms with Crippen molar-refractivity contribution < 1.29 is 33.9 Å². The summed E-state index contributed by atoms with van der Waals surface area (Å²) in [5.41, 5.74) is -0.134. The van der Waals surface area contributed by atoms with Crippen molar-refractivity contribution in [2.24, 2.45) is 11.8 Å². The lowest BCUT2D eigenvalue weighted by Crippen LogP contribution is -2.58. The van der Waals surface area contributed by atoms with E-state index in [9.17, 15) is 24.3 Å². The Balaban J connectivity index is 2.43. The first kappa shape index (κ1) is 36.6. The van der Waals surface area contributed by atoms with Crippen molar-refractivity contribution in [1.82, 2.24) is 20.3 Å². The van der Waals surface area contributed by atoms with Crippen molar-refractivity contribution >= 4 is 35.1 Å². The molecule has 11 nitrogen and oxygen atoms in total. The van der Waals surface area contributed by atoms with Gasteiger partial charge in [0.2, 0.25) is 5.91 Å². The lowest BCUT2D eigenvalue weighted by Gasteiger charge is -2.39. The molecule has 0 saturated carbocycles. The molecule has 43 heavy (non-hydrogen) atoms. The van der Waals surface area contributed by atoms with Gasteiger partial charge in [-0.3, -0.25) is 24.1 Å². The van der Waals surface area contributed by atoms with Crippen LogP contribution in [0.1, 0.15) is 121 Å². The molecule has 12 heteroatoms. The highest BCUT2D eigenvalue weighted by molar-refractivity contribution is 7.09. The molecule has 1 unspecified atom stereocenters. The third-order valence-electron chi connectivity index (χ3n) is 8.15. The number of hydroxylamine groups is 2. The Hall–Kier alpha value is -2.57. The van der Waals surface area contributed by atoms with Crippen LogP contribution in [-0.2, 0) is 24.0 Å². The topological polar surface area (TPSA) is 138 Å². The number of unbranched alkanes of at least 4 members (excludes halogenated alkanes) is 3. The standard InChI is InChI=1S/C31H52N4O7S/c1-8-10-11-14-17-41-35(30(38)27(21(5)9-2)33-28(37)24-15-12-13-16-34(24)7)25(20(3)4)18-26(42-22(6)36)29-32-23(19-43-29)31(39)40/h19-21,24-27H,8-18H2,1-7H3,(H,33,37)(H,39,40)/t21-,24?,25+,26+,27-/m0/s1. The van der Waals surface area contributed by atoms with Gasteiger partial charge in [-0.15, -0.1) is 11.3 Å². The maximum absolute atomic E-state index is 14.4. The van der Waals surface area contributed by atoms with Gasteiger partial charge < -0.3 is 15.2 Å². The first-order valence-electron chi connectivity index (χ1n) is 15.7. The van der Waals surface area contributed by atoms with Crippen LogP contribution in [0.25, 0.3) is 0 Å². The molecule has 2 N–H and O–H groups in total. The number of rotatable bonds is 18.